The summed E-state index contributed by atoms with van der Waals surface area (Å²) in [7, 11) is 0. The van der Waals surface area contributed by atoms with Gasteiger partial charge in [-0.3, -0.25) is 0 Å². The van der Waals surface area contributed by atoms with Gasteiger partial charge in [-0.1, -0.05) is 25.7 Å². The summed E-state index contributed by atoms with van der Waals surface area (Å²) in [6.45, 7) is 0. The summed E-state index contributed by atoms with van der Waals surface area (Å²) in [5.74, 6) is 0.969. The number of rotatable bonds is 2. The number of fused-ring (bicyclic) bond motifs is 1. The van der Waals surface area contributed by atoms with Crippen LogP contribution in [0.1, 0.15) is 38.5 Å². The standard InChI is InChI=1S/C13H18N4/c1-2-4-6-11(5-3-1)16-13-12-7-8-15-17(12)10-9-14-13/h7-11H,1-6H2,(H,14,16). The second kappa shape index (κ2) is 4.73. The molecule has 0 aliphatic heterocycles. The molecular formula is C13H18N4. The summed E-state index contributed by atoms with van der Waals surface area (Å²) in [6.07, 6.45) is 13.4. The minimum absolute atomic E-state index is 0.575. The van der Waals surface area contributed by atoms with Crippen LogP contribution in [0.3, 0.4) is 0 Å². The van der Waals surface area contributed by atoms with Gasteiger partial charge in [0.1, 0.15) is 5.52 Å². The zero-order chi connectivity index (χ0) is 11.5. The Labute approximate surface area is 101 Å². The molecule has 1 saturated carbocycles. The zero-order valence-electron chi connectivity index (χ0n) is 9.97. The first-order chi connectivity index (χ1) is 8.43. The highest BCUT2D eigenvalue weighted by Crippen LogP contribution is 2.22. The van der Waals surface area contributed by atoms with Gasteiger partial charge in [0.15, 0.2) is 5.82 Å². The normalized spacial score (nSPS) is 18.1. The van der Waals surface area contributed by atoms with E-state index in [9.17, 15) is 0 Å². The van der Waals surface area contributed by atoms with Crippen molar-refractivity contribution in [2.75, 3.05) is 5.32 Å². The highest BCUT2D eigenvalue weighted by Gasteiger charge is 2.13. The third-order valence-electron chi connectivity index (χ3n) is 3.52. The molecule has 0 bridgehead atoms. The molecule has 0 amide bonds. The van der Waals surface area contributed by atoms with Crippen LogP contribution in [0.5, 0.6) is 0 Å². The average molecular weight is 230 g/mol. The SMILES string of the molecule is c1cn2nccc2c(NC2CCCCCC2)n1. The molecule has 0 atom stereocenters. The summed E-state index contributed by atoms with van der Waals surface area (Å²) in [5.41, 5.74) is 1.07. The Morgan fingerprint density at radius 1 is 1.12 bits per heavy atom. The smallest absolute Gasteiger partial charge is 0.152 e. The van der Waals surface area contributed by atoms with E-state index in [1.807, 2.05) is 23.0 Å². The lowest BCUT2D eigenvalue weighted by atomic mass is 10.1. The number of nitrogens with zero attached hydrogens (tertiary/aromatic N) is 3. The van der Waals surface area contributed by atoms with Gasteiger partial charge >= 0.3 is 0 Å². The molecular weight excluding hydrogens is 212 g/mol. The van der Waals surface area contributed by atoms with Gasteiger partial charge in [-0.05, 0) is 18.9 Å². The largest absolute Gasteiger partial charge is 0.366 e. The lowest BCUT2D eigenvalue weighted by molar-refractivity contribution is 0.618. The van der Waals surface area contributed by atoms with Crippen molar-refractivity contribution in [1.82, 2.24) is 14.6 Å². The zero-order valence-corrected chi connectivity index (χ0v) is 9.97. The molecule has 1 fully saturated rings. The molecule has 4 nitrogen and oxygen atoms in total. The molecule has 0 spiro atoms. The molecule has 0 aromatic carbocycles. The first kappa shape index (κ1) is 10.6. The fourth-order valence-corrected chi connectivity index (χ4v) is 2.59. The van der Waals surface area contributed by atoms with Crippen molar-refractivity contribution >= 4 is 11.3 Å². The maximum Gasteiger partial charge on any atom is 0.152 e. The second-order valence-corrected chi connectivity index (χ2v) is 4.77. The van der Waals surface area contributed by atoms with Crippen LogP contribution < -0.4 is 5.32 Å². The molecule has 1 aliphatic carbocycles. The molecule has 3 rings (SSSR count). The first-order valence-electron chi connectivity index (χ1n) is 6.48. The van der Waals surface area contributed by atoms with E-state index in [-0.39, 0.29) is 0 Å². The molecule has 0 radical (unpaired) electrons. The molecule has 0 unspecified atom stereocenters. The quantitative estimate of drug-likeness (QED) is 0.807. The fraction of sp³-hybridized carbons (Fsp3) is 0.538. The summed E-state index contributed by atoms with van der Waals surface area (Å²) in [4.78, 5) is 4.43. The number of nitrogens with one attached hydrogen (secondary N) is 1. The van der Waals surface area contributed by atoms with Gasteiger partial charge in [0, 0.05) is 18.4 Å². The Kier molecular flexibility index (Phi) is 2.94. The van der Waals surface area contributed by atoms with Crippen molar-refractivity contribution in [3.8, 4) is 0 Å². The van der Waals surface area contributed by atoms with Gasteiger partial charge in [0.05, 0.1) is 6.20 Å². The number of hydrogen-bond acceptors (Lipinski definition) is 3. The Hall–Kier alpha value is -1.58. The molecule has 1 aliphatic rings. The van der Waals surface area contributed by atoms with Crippen LogP contribution in [-0.4, -0.2) is 20.6 Å². The Morgan fingerprint density at radius 3 is 2.76 bits per heavy atom. The highest BCUT2D eigenvalue weighted by atomic mass is 15.2. The van der Waals surface area contributed by atoms with Crippen molar-refractivity contribution in [3.05, 3.63) is 24.7 Å². The van der Waals surface area contributed by atoms with Crippen LogP contribution >= 0.6 is 0 Å². The van der Waals surface area contributed by atoms with Crippen molar-refractivity contribution in [2.24, 2.45) is 0 Å². The number of hydrogen-bond donors (Lipinski definition) is 1. The Bertz CT molecular complexity index is 483. The molecule has 2 heterocycles. The Balaban J connectivity index is 1.81. The maximum atomic E-state index is 4.43. The molecule has 90 valence electrons. The summed E-state index contributed by atoms with van der Waals surface area (Å²) >= 11 is 0. The summed E-state index contributed by atoms with van der Waals surface area (Å²) in [5, 5.41) is 7.81. The Morgan fingerprint density at radius 2 is 1.94 bits per heavy atom. The second-order valence-electron chi connectivity index (χ2n) is 4.77. The molecule has 0 saturated heterocycles. The van der Waals surface area contributed by atoms with Crippen LogP contribution in [0.4, 0.5) is 5.82 Å². The van der Waals surface area contributed by atoms with Crippen LogP contribution in [0.2, 0.25) is 0 Å². The van der Waals surface area contributed by atoms with E-state index in [0.29, 0.717) is 6.04 Å². The third kappa shape index (κ3) is 2.25. The van der Waals surface area contributed by atoms with Crippen LogP contribution in [0.15, 0.2) is 24.7 Å². The molecule has 4 heteroatoms. The molecule has 17 heavy (non-hydrogen) atoms. The van der Waals surface area contributed by atoms with Crippen LogP contribution in [0, 0.1) is 0 Å². The van der Waals surface area contributed by atoms with Gasteiger partial charge < -0.3 is 5.32 Å². The third-order valence-corrected chi connectivity index (χ3v) is 3.52. The molecule has 2 aromatic heterocycles. The number of anilines is 1. The lowest BCUT2D eigenvalue weighted by Crippen LogP contribution is -2.19. The first-order valence-corrected chi connectivity index (χ1v) is 6.48. The topological polar surface area (TPSA) is 42.2 Å². The van der Waals surface area contributed by atoms with Crippen LogP contribution in [0.25, 0.3) is 5.52 Å². The summed E-state index contributed by atoms with van der Waals surface area (Å²) in [6, 6.07) is 2.58. The monoisotopic (exact) mass is 230 g/mol. The van der Waals surface area contributed by atoms with E-state index in [1.165, 1.54) is 38.5 Å². The number of aromatic nitrogens is 3. The van der Waals surface area contributed by atoms with E-state index in [4.69, 9.17) is 0 Å². The van der Waals surface area contributed by atoms with Crippen molar-refractivity contribution in [1.29, 1.82) is 0 Å². The van der Waals surface area contributed by atoms with E-state index < -0.39 is 0 Å². The van der Waals surface area contributed by atoms with E-state index in [2.05, 4.69) is 15.4 Å². The van der Waals surface area contributed by atoms with Crippen molar-refractivity contribution in [3.63, 3.8) is 0 Å². The molecule has 1 N–H and O–H groups in total. The fourth-order valence-electron chi connectivity index (χ4n) is 2.59. The van der Waals surface area contributed by atoms with E-state index >= 15 is 0 Å². The predicted octanol–water partition coefficient (Wildman–Crippen LogP) is 2.86. The van der Waals surface area contributed by atoms with Gasteiger partial charge in [-0.25, -0.2) is 9.50 Å². The van der Waals surface area contributed by atoms with E-state index in [0.717, 1.165) is 11.3 Å². The van der Waals surface area contributed by atoms with Gasteiger partial charge in [-0.2, -0.15) is 5.10 Å². The minimum atomic E-state index is 0.575. The lowest BCUT2D eigenvalue weighted by Gasteiger charge is -2.17. The van der Waals surface area contributed by atoms with Crippen LogP contribution in [-0.2, 0) is 0 Å². The van der Waals surface area contributed by atoms with E-state index in [1.54, 1.807) is 6.20 Å². The molecule has 2 aromatic rings. The average Bonchev–Trinajstić information content (AvgIpc) is 2.69. The predicted molar refractivity (Wildman–Crippen MR) is 68.1 cm³/mol. The van der Waals surface area contributed by atoms with Gasteiger partial charge in [-0.15, -0.1) is 0 Å². The highest BCUT2D eigenvalue weighted by molar-refractivity contribution is 5.67. The van der Waals surface area contributed by atoms with Gasteiger partial charge in [0.25, 0.3) is 0 Å². The minimum Gasteiger partial charge on any atom is -0.366 e. The van der Waals surface area contributed by atoms with Gasteiger partial charge in [0.2, 0.25) is 0 Å². The van der Waals surface area contributed by atoms with Crippen molar-refractivity contribution in [2.45, 2.75) is 44.6 Å². The summed E-state index contributed by atoms with van der Waals surface area (Å²) < 4.78 is 1.87. The maximum absolute atomic E-state index is 4.43. The van der Waals surface area contributed by atoms with Crippen molar-refractivity contribution < 1.29 is 0 Å².